The molecule has 0 atom stereocenters. The molecule has 7 heteroatoms. The molecule has 2 rings (SSSR count). The summed E-state index contributed by atoms with van der Waals surface area (Å²) in [7, 11) is 1.99. The van der Waals surface area contributed by atoms with Crippen molar-refractivity contribution in [1.82, 2.24) is 9.80 Å². The SMILES string of the molecule is CN1CCCN(C(=O)c2ccc([N+](=O)[O-])c(F)c2)CC1. The van der Waals surface area contributed by atoms with Crippen LogP contribution in [-0.4, -0.2) is 53.9 Å². The first-order valence-corrected chi connectivity index (χ1v) is 6.41. The lowest BCUT2D eigenvalue weighted by molar-refractivity contribution is -0.387. The van der Waals surface area contributed by atoms with Gasteiger partial charge in [0, 0.05) is 31.3 Å². The number of amides is 1. The lowest BCUT2D eigenvalue weighted by Crippen LogP contribution is -2.34. The van der Waals surface area contributed by atoms with Crippen molar-refractivity contribution >= 4 is 11.6 Å². The fourth-order valence-corrected chi connectivity index (χ4v) is 2.22. The van der Waals surface area contributed by atoms with Gasteiger partial charge in [0.1, 0.15) is 0 Å². The number of likely N-dealkylation sites (N-methyl/N-ethyl adjacent to an activating group) is 1. The van der Waals surface area contributed by atoms with Gasteiger partial charge < -0.3 is 9.80 Å². The number of nitrogens with zero attached hydrogens (tertiary/aromatic N) is 3. The molecule has 1 aliphatic rings. The zero-order valence-electron chi connectivity index (χ0n) is 11.2. The quantitative estimate of drug-likeness (QED) is 0.609. The Hall–Kier alpha value is -2.02. The minimum atomic E-state index is -0.979. The summed E-state index contributed by atoms with van der Waals surface area (Å²) in [5.74, 6) is -1.26. The third-order valence-electron chi connectivity index (χ3n) is 3.40. The summed E-state index contributed by atoms with van der Waals surface area (Å²) in [4.78, 5) is 25.8. The van der Waals surface area contributed by atoms with E-state index < -0.39 is 16.4 Å². The van der Waals surface area contributed by atoms with Gasteiger partial charge in [-0.15, -0.1) is 0 Å². The molecule has 0 spiro atoms. The lowest BCUT2D eigenvalue weighted by Gasteiger charge is -2.20. The minimum Gasteiger partial charge on any atom is -0.337 e. The Morgan fingerprint density at radius 1 is 1.30 bits per heavy atom. The second-order valence-corrected chi connectivity index (χ2v) is 4.87. The molecular weight excluding hydrogens is 265 g/mol. The van der Waals surface area contributed by atoms with Crippen molar-refractivity contribution in [3.63, 3.8) is 0 Å². The van der Waals surface area contributed by atoms with Gasteiger partial charge in [0.15, 0.2) is 0 Å². The van der Waals surface area contributed by atoms with Crippen LogP contribution in [0.1, 0.15) is 16.8 Å². The fourth-order valence-electron chi connectivity index (χ4n) is 2.22. The fraction of sp³-hybridized carbons (Fsp3) is 0.462. The number of nitro groups is 1. The first kappa shape index (κ1) is 14.4. The van der Waals surface area contributed by atoms with E-state index in [1.807, 2.05) is 7.05 Å². The lowest BCUT2D eigenvalue weighted by atomic mass is 10.1. The number of hydrogen-bond donors (Lipinski definition) is 0. The maximum Gasteiger partial charge on any atom is 0.304 e. The van der Waals surface area contributed by atoms with Crippen LogP contribution in [0.25, 0.3) is 0 Å². The molecule has 0 unspecified atom stereocenters. The molecule has 1 fully saturated rings. The predicted octanol–water partition coefficient (Wildman–Crippen LogP) is 1.51. The van der Waals surface area contributed by atoms with E-state index in [1.165, 1.54) is 6.07 Å². The monoisotopic (exact) mass is 281 g/mol. The molecule has 0 aromatic heterocycles. The maximum absolute atomic E-state index is 13.6. The van der Waals surface area contributed by atoms with E-state index >= 15 is 0 Å². The number of halogens is 1. The largest absolute Gasteiger partial charge is 0.337 e. The molecule has 1 aromatic carbocycles. The van der Waals surface area contributed by atoms with Gasteiger partial charge in [-0.2, -0.15) is 4.39 Å². The van der Waals surface area contributed by atoms with Crippen molar-refractivity contribution in [1.29, 1.82) is 0 Å². The van der Waals surface area contributed by atoms with Gasteiger partial charge in [-0.25, -0.2) is 0 Å². The molecule has 0 radical (unpaired) electrons. The third-order valence-corrected chi connectivity index (χ3v) is 3.40. The van der Waals surface area contributed by atoms with Crippen molar-refractivity contribution in [2.45, 2.75) is 6.42 Å². The van der Waals surface area contributed by atoms with Gasteiger partial charge >= 0.3 is 5.69 Å². The van der Waals surface area contributed by atoms with Gasteiger partial charge in [-0.3, -0.25) is 14.9 Å². The molecule has 108 valence electrons. The van der Waals surface area contributed by atoms with Crippen LogP contribution in [0.2, 0.25) is 0 Å². The highest BCUT2D eigenvalue weighted by Crippen LogP contribution is 2.19. The summed E-state index contributed by atoms with van der Waals surface area (Å²) >= 11 is 0. The molecule has 1 heterocycles. The topological polar surface area (TPSA) is 66.7 Å². The average Bonchev–Trinajstić information content (AvgIpc) is 2.62. The Bertz CT molecular complexity index is 536. The highest BCUT2D eigenvalue weighted by Gasteiger charge is 2.22. The summed E-state index contributed by atoms with van der Waals surface area (Å²) < 4.78 is 13.6. The molecule has 0 saturated carbocycles. The van der Waals surface area contributed by atoms with Crippen LogP contribution in [0, 0.1) is 15.9 Å². The van der Waals surface area contributed by atoms with Crippen LogP contribution < -0.4 is 0 Å². The Morgan fingerprint density at radius 3 is 2.70 bits per heavy atom. The van der Waals surface area contributed by atoms with Crippen molar-refractivity contribution < 1.29 is 14.1 Å². The van der Waals surface area contributed by atoms with Crippen LogP contribution >= 0.6 is 0 Å². The Labute approximate surface area is 115 Å². The van der Waals surface area contributed by atoms with Crippen LogP contribution in [-0.2, 0) is 0 Å². The molecule has 1 amide bonds. The Balaban J connectivity index is 2.16. The van der Waals surface area contributed by atoms with Gasteiger partial charge in [0.2, 0.25) is 5.82 Å². The van der Waals surface area contributed by atoms with E-state index in [0.717, 1.165) is 31.6 Å². The molecule has 0 bridgehead atoms. The summed E-state index contributed by atoms with van der Waals surface area (Å²) in [5.41, 5.74) is -0.463. The van der Waals surface area contributed by atoms with E-state index in [1.54, 1.807) is 4.90 Å². The van der Waals surface area contributed by atoms with Crippen molar-refractivity contribution in [2.75, 3.05) is 33.2 Å². The molecule has 1 aliphatic heterocycles. The molecular formula is C13H16FN3O3. The van der Waals surface area contributed by atoms with Gasteiger partial charge in [0.05, 0.1) is 4.92 Å². The first-order valence-electron chi connectivity index (χ1n) is 6.41. The van der Waals surface area contributed by atoms with Crippen LogP contribution in [0.5, 0.6) is 0 Å². The highest BCUT2D eigenvalue weighted by atomic mass is 19.1. The predicted molar refractivity (Wildman–Crippen MR) is 71.1 cm³/mol. The summed E-state index contributed by atoms with van der Waals surface area (Å²) in [6.07, 6.45) is 0.859. The molecule has 1 aromatic rings. The zero-order chi connectivity index (χ0) is 14.7. The van der Waals surface area contributed by atoms with E-state index in [0.29, 0.717) is 13.1 Å². The smallest absolute Gasteiger partial charge is 0.304 e. The second kappa shape index (κ2) is 5.96. The number of carbonyl (C=O) groups is 1. The van der Waals surface area contributed by atoms with Gasteiger partial charge in [-0.05, 0) is 32.1 Å². The van der Waals surface area contributed by atoms with Crippen molar-refractivity contribution in [3.8, 4) is 0 Å². The van der Waals surface area contributed by atoms with Crippen LogP contribution in [0.15, 0.2) is 18.2 Å². The number of benzene rings is 1. The number of hydrogen-bond acceptors (Lipinski definition) is 4. The molecule has 6 nitrogen and oxygen atoms in total. The van der Waals surface area contributed by atoms with E-state index in [-0.39, 0.29) is 11.5 Å². The molecule has 20 heavy (non-hydrogen) atoms. The van der Waals surface area contributed by atoms with E-state index in [4.69, 9.17) is 0 Å². The van der Waals surface area contributed by atoms with E-state index in [2.05, 4.69) is 4.90 Å². The van der Waals surface area contributed by atoms with Crippen LogP contribution in [0.4, 0.5) is 10.1 Å². The van der Waals surface area contributed by atoms with Gasteiger partial charge in [0.25, 0.3) is 5.91 Å². The first-order chi connectivity index (χ1) is 9.49. The zero-order valence-corrected chi connectivity index (χ0v) is 11.2. The number of nitro benzene ring substituents is 1. The molecule has 1 saturated heterocycles. The standard InChI is InChI=1S/C13H16FN3O3/c1-15-5-2-6-16(8-7-15)13(18)10-3-4-12(17(19)20)11(14)9-10/h3-4,9H,2,5-8H2,1H3. The Morgan fingerprint density at radius 2 is 2.05 bits per heavy atom. The summed E-state index contributed by atoms with van der Waals surface area (Å²) in [5, 5.41) is 10.6. The molecule has 0 aliphatic carbocycles. The highest BCUT2D eigenvalue weighted by molar-refractivity contribution is 5.94. The van der Waals surface area contributed by atoms with Gasteiger partial charge in [-0.1, -0.05) is 0 Å². The van der Waals surface area contributed by atoms with Crippen molar-refractivity contribution in [3.05, 3.63) is 39.7 Å². The van der Waals surface area contributed by atoms with Crippen molar-refractivity contribution in [2.24, 2.45) is 0 Å². The summed E-state index contributed by atoms with van der Waals surface area (Å²) in [6, 6.07) is 3.28. The Kier molecular flexibility index (Phi) is 4.29. The third kappa shape index (κ3) is 3.11. The number of rotatable bonds is 2. The second-order valence-electron chi connectivity index (χ2n) is 4.87. The molecule has 0 N–H and O–H groups in total. The maximum atomic E-state index is 13.6. The average molecular weight is 281 g/mol. The minimum absolute atomic E-state index is 0.151. The van der Waals surface area contributed by atoms with Crippen LogP contribution in [0.3, 0.4) is 0 Å². The summed E-state index contributed by atoms with van der Waals surface area (Å²) in [6.45, 7) is 2.87. The van der Waals surface area contributed by atoms with E-state index in [9.17, 15) is 19.3 Å². The normalized spacial score (nSPS) is 16.8. The number of carbonyl (C=O) groups excluding carboxylic acids is 1.